The van der Waals surface area contributed by atoms with Gasteiger partial charge in [0, 0.05) is 12.2 Å². The van der Waals surface area contributed by atoms with E-state index in [1.54, 1.807) is 0 Å². The molecule has 0 unspecified atom stereocenters. The van der Waals surface area contributed by atoms with Crippen LogP contribution in [-0.4, -0.2) is 37.5 Å². The number of carbonyl (C=O) groups is 1. The van der Waals surface area contributed by atoms with E-state index in [-0.39, 0.29) is 12.6 Å². The second kappa shape index (κ2) is 7.65. The highest BCUT2D eigenvalue weighted by atomic mass is 16.5. The fourth-order valence-corrected chi connectivity index (χ4v) is 1.22. The van der Waals surface area contributed by atoms with Crippen LogP contribution in [0.25, 0.3) is 0 Å². The molecule has 3 N–H and O–H groups in total. The van der Waals surface area contributed by atoms with Gasteiger partial charge in [-0.1, -0.05) is 17.7 Å². The van der Waals surface area contributed by atoms with Gasteiger partial charge in [-0.25, -0.2) is 4.79 Å². The Balaban J connectivity index is 2.18. The van der Waals surface area contributed by atoms with E-state index in [2.05, 4.69) is 10.6 Å². The molecule has 0 bridgehead atoms. The molecule has 5 heteroatoms. The van der Waals surface area contributed by atoms with Crippen LogP contribution in [0.3, 0.4) is 0 Å². The third kappa shape index (κ3) is 5.89. The minimum atomic E-state index is -0.263. The highest BCUT2D eigenvalue weighted by Gasteiger charge is 1.99. The zero-order chi connectivity index (χ0) is 12.5. The Morgan fingerprint density at radius 1 is 1.29 bits per heavy atom. The van der Waals surface area contributed by atoms with E-state index in [4.69, 9.17) is 9.84 Å². The van der Waals surface area contributed by atoms with Crippen molar-refractivity contribution in [1.82, 2.24) is 5.32 Å². The van der Waals surface area contributed by atoms with Gasteiger partial charge in [0.05, 0.1) is 19.8 Å². The summed E-state index contributed by atoms with van der Waals surface area (Å²) in [5.74, 6) is 0. The molecule has 0 atom stereocenters. The number of amides is 2. The average molecular weight is 238 g/mol. The predicted octanol–water partition coefficient (Wildman–Crippen LogP) is 1.13. The Hall–Kier alpha value is -1.59. The Bertz CT molecular complexity index is 338. The zero-order valence-electron chi connectivity index (χ0n) is 9.90. The third-order valence-electron chi connectivity index (χ3n) is 2.08. The van der Waals surface area contributed by atoms with Crippen LogP contribution >= 0.6 is 0 Å². The number of aryl methyl sites for hydroxylation is 1. The number of ether oxygens (including phenoxy) is 1. The van der Waals surface area contributed by atoms with Gasteiger partial charge >= 0.3 is 6.03 Å². The van der Waals surface area contributed by atoms with Crippen molar-refractivity contribution in [2.24, 2.45) is 0 Å². The number of nitrogens with one attached hydrogen (secondary N) is 2. The number of aliphatic hydroxyl groups excluding tert-OH is 1. The van der Waals surface area contributed by atoms with Crippen LogP contribution in [0.5, 0.6) is 0 Å². The van der Waals surface area contributed by atoms with Crippen molar-refractivity contribution >= 4 is 11.7 Å². The average Bonchev–Trinajstić information content (AvgIpc) is 2.32. The smallest absolute Gasteiger partial charge is 0.319 e. The number of aliphatic hydroxyl groups is 1. The van der Waals surface area contributed by atoms with E-state index >= 15 is 0 Å². The van der Waals surface area contributed by atoms with Crippen molar-refractivity contribution in [3.05, 3.63) is 29.8 Å². The number of hydrogen-bond donors (Lipinski definition) is 3. The van der Waals surface area contributed by atoms with Gasteiger partial charge in [0.1, 0.15) is 0 Å². The summed E-state index contributed by atoms with van der Waals surface area (Å²) in [6.07, 6.45) is 0. The summed E-state index contributed by atoms with van der Waals surface area (Å²) in [7, 11) is 0. The Labute approximate surface area is 101 Å². The molecule has 0 saturated carbocycles. The predicted molar refractivity (Wildman–Crippen MR) is 66.1 cm³/mol. The van der Waals surface area contributed by atoms with Gasteiger partial charge in [-0.15, -0.1) is 0 Å². The van der Waals surface area contributed by atoms with Gasteiger partial charge in [0.15, 0.2) is 0 Å². The van der Waals surface area contributed by atoms with Crippen molar-refractivity contribution in [2.75, 3.05) is 31.7 Å². The van der Waals surface area contributed by atoms with Crippen LogP contribution in [-0.2, 0) is 4.74 Å². The first-order valence-electron chi connectivity index (χ1n) is 5.52. The van der Waals surface area contributed by atoms with E-state index in [1.165, 1.54) is 0 Å². The molecule has 0 aromatic heterocycles. The first kappa shape index (κ1) is 13.5. The highest BCUT2D eigenvalue weighted by Crippen LogP contribution is 2.07. The molecule has 0 radical (unpaired) electrons. The molecule has 17 heavy (non-hydrogen) atoms. The first-order valence-corrected chi connectivity index (χ1v) is 5.52. The van der Waals surface area contributed by atoms with Crippen molar-refractivity contribution in [1.29, 1.82) is 0 Å². The minimum Gasteiger partial charge on any atom is -0.394 e. The summed E-state index contributed by atoms with van der Waals surface area (Å²) in [4.78, 5) is 11.4. The molecule has 0 aliphatic heterocycles. The van der Waals surface area contributed by atoms with Crippen LogP contribution in [0.2, 0.25) is 0 Å². The molecule has 0 heterocycles. The maximum Gasteiger partial charge on any atom is 0.319 e. The van der Waals surface area contributed by atoms with E-state index in [1.807, 2.05) is 31.2 Å². The fraction of sp³-hybridized carbons (Fsp3) is 0.417. The summed E-state index contributed by atoms with van der Waals surface area (Å²) < 4.78 is 5.01. The van der Waals surface area contributed by atoms with Gasteiger partial charge < -0.3 is 20.5 Å². The Morgan fingerprint density at radius 3 is 2.65 bits per heavy atom. The molecule has 94 valence electrons. The van der Waals surface area contributed by atoms with E-state index in [0.29, 0.717) is 19.8 Å². The molecular formula is C12H18N2O3. The van der Waals surface area contributed by atoms with Gasteiger partial charge in [-0.3, -0.25) is 0 Å². The van der Waals surface area contributed by atoms with Crippen LogP contribution in [0.15, 0.2) is 24.3 Å². The summed E-state index contributed by atoms with van der Waals surface area (Å²) >= 11 is 0. The number of urea groups is 1. The van der Waals surface area contributed by atoms with Crippen LogP contribution in [0.4, 0.5) is 10.5 Å². The number of benzene rings is 1. The summed E-state index contributed by atoms with van der Waals surface area (Å²) in [6, 6.07) is 7.29. The molecule has 0 fully saturated rings. The lowest BCUT2D eigenvalue weighted by Crippen LogP contribution is -2.31. The molecule has 0 spiro atoms. The van der Waals surface area contributed by atoms with E-state index < -0.39 is 0 Å². The lowest BCUT2D eigenvalue weighted by atomic mass is 10.2. The lowest BCUT2D eigenvalue weighted by molar-refractivity contribution is 0.0950. The summed E-state index contributed by atoms with van der Waals surface area (Å²) in [5, 5.41) is 13.8. The number of anilines is 1. The van der Waals surface area contributed by atoms with Crippen molar-refractivity contribution in [3.8, 4) is 0 Å². The normalized spacial score (nSPS) is 10.0. The third-order valence-corrected chi connectivity index (χ3v) is 2.08. The maximum absolute atomic E-state index is 11.4. The zero-order valence-corrected chi connectivity index (χ0v) is 9.90. The second-order valence-corrected chi connectivity index (χ2v) is 3.58. The minimum absolute atomic E-state index is 0.00440. The van der Waals surface area contributed by atoms with Crippen molar-refractivity contribution < 1.29 is 14.6 Å². The maximum atomic E-state index is 11.4. The Morgan fingerprint density at radius 2 is 2.00 bits per heavy atom. The molecule has 5 nitrogen and oxygen atoms in total. The molecule has 1 rings (SSSR count). The van der Waals surface area contributed by atoms with Crippen LogP contribution in [0.1, 0.15) is 5.56 Å². The first-order chi connectivity index (χ1) is 8.22. The van der Waals surface area contributed by atoms with Gasteiger partial charge in [0.25, 0.3) is 0 Å². The standard InChI is InChI=1S/C12H18N2O3/c1-10-2-4-11(5-3-10)14-12(16)13-6-8-17-9-7-15/h2-5,15H,6-9H2,1H3,(H2,13,14,16). The molecule has 2 amide bonds. The molecule has 1 aromatic rings. The monoisotopic (exact) mass is 238 g/mol. The topological polar surface area (TPSA) is 70.6 Å². The van der Waals surface area contributed by atoms with Gasteiger partial charge in [-0.2, -0.15) is 0 Å². The number of hydrogen-bond acceptors (Lipinski definition) is 3. The number of carbonyl (C=O) groups excluding carboxylic acids is 1. The molecule has 1 aromatic carbocycles. The molecule has 0 aliphatic rings. The summed E-state index contributed by atoms with van der Waals surface area (Å²) in [6.45, 7) is 3.08. The largest absolute Gasteiger partial charge is 0.394 e. The second-order valence-electron chi connectivity index (χ2n) is 3.58. The van der Waals surface area contributed by atoms with Crippen molar-refractivity contribution in [3.63, 3.8) is 0 Å². The van der Waals surface area contributed by atoms with Crippen LogP contribution < -0.4 is 10.6 Å². The molecule has 0 aliphatic carbocycles. The van der Waals surface area contributed by atoms with Crippen LogP contribution in [0, 0.1) is 6.92 Å². The highest BCUT2D eigenvalue weighted by molar-refractivity contribution is 5.89. The molecule has 0 saturated heterocycles. The Kier molecular flexibility index (Phi) is 6.06. The van der Waals surface area contributed by atoms with E-state index in [9.17, 15) is 4.79 Å². The van der Waals surface area contributed by atoms with Crippen molar-refractivity contribution in [2.45, 2.75) is 6.92 Å². The van der Waals surface area contributed by atoms with Gasteiger partial charge in [0.2, 0.25) is 0 Å². The quantitative estimate of drug-likeness (QED) is 0.650. The SMILES string of the molecule is Cc1ccc(NC(=O)NCCOCCO)cc1. The fourth-order valence-electron chi connectivity index (χ4n) is 1.22. The summed E-state index contributed by atoms with van der Waals surface area (Å²) in [5.41, 5.74) is 1.90. The molecular weight excluding hydrogens is 220 g/mol. The number of rotatable bonds is 6. The van der Waals surface area contributed by atoms with Gasteiger partial charge in [-0.05, 0) is 19.1 Å². The van der Waals surface area contributed by atoms with E-state index in [0.717, 1.165) is 11.3 Å². The lowest BCUT2D eigenvalue weighted by Gasteiger charge is -2.07.